The summed E-state index contributed by atoms with van der Waals surface area (Å²) in [4.78, 5) is 140. The van der Waals surface area contributed by atoms with E-state index in [1.54, 1.807) is 6.92 Å². The van der Waals surface area contributed by atoms with Crippen LogP contribution in [0.5, 0.6) is 46.0 Å². The molecule has 18 N–H and O–H groups in total. The molecule has 7 aliphatic heterocycles. The molecule has 5 aromatic rings. The maximum absolute atomic E-state index is 16.9. The number of aliphatic hydroxyl groups excluding tert-OH is 6. The molecule has 37 heteroatoms. The van der Waals surface area contributed by atoms with Crippen molar-refractivity contribution in [3.63, 3.8) is 0 Å². The van der Waals surface area contributed by atoms with Gasteiger partial charge in [0.1, 0.15) is 83.4 Å². The number of carbonyl (C=O) groups excluding carboxylic acids is 9. The zero-order chi connectivity index (χ0) is 94.8. The minimum absolute atomic E-state index is 0.0492. The number of benzene rings is 5. The van der Waals surface area contributed by atoms with Gasteiger partial charge in [0.15, 0.2) is 41.2 Å². The number of rotatable bonds is 29. The lowest BCUT2D eigenvalue weighted by Crippen LogP contribution is -2.64. The second-order valence-electron chi connectivity index (χ2n) is 38.2. The summed E-state index contributed by atoms with van der Waals surface area (Å²) in [5, 5.41) is 125. The van der Waals surface area contributed by atoms with Crippen LogP contribution in [0.4, 0.5) is 0 Å². The number of sulfonamides is 1. The fourth-order valence-electron chi connectivity index (χ4n) is 20.6. The van der Waals surface area contributed by atoms with E-state index >= 15 is 28.8 Å². The van der Waals surface area contributed by atoms with E-state index < -0.39 is 249 Å². The predicted octanol–water partition coefficient (Wildman–Crippen LogP) is 8.40. The number of aliphatic hydroxyl groups is 6. The van der Waals surface area contributed by atoms with Gasteiger partial charge in [0.2, 0.25) is 57.5 Å². The van der Waals surface area contributed by atoms with E-state index in [9.17, 15) is 68.8 Å². The largest absolute Gasteiger partial charge is 0.507 e. The molecule has 132 heavy (non-hydrogen) atoms. The van der Waals surface area contributed by atoms with Gasteiger partial charge in [-0.05, 0) is 202 Å². The first-order chi connectivity index (χ1) is 62.8. The molecule has 718 valence electrons. The van der Waals surface area contributed by atoms with Gasteiger partial charge in [-0.2, -0.15) is 0 Å². The lowest BCUT2D eigenvalue weighted by Gasteiger charge is -2.54. The molecular formula is C95H122Cl2N8O26S. The Kier molecular flexibility index (Phi) is 31.5. The van der Waals surface area contributed by atoms with Crippen LogP contribution in [-0.4, -0.2) is 199 Å². The zero-order valence-corrected chi connectivity index (χ0v) is 77.0. The Balaban J connectivity index is 0.958. The number of phenols is 3. The molecule has 17 rings (SSSR count). The number of hydrogen-bond acceptors (Lipinski definition) is 28. The van der Waals surface area contributed by atoms with Crippen LogP contribution in [0.25, 0.3) is 11.1 Å². The lowest BCUT2D eigenvalue weighted by molar-refractivity contribution is -0.333. The van der Waals surface area contributed by atoms with Crippen molar-refractivity contribution in [1.29, 1.82) is 0 Å². The second-order valence-corrected chi connectivity index (χ2v) is 40.9. The van der Waals surface area contributed by atoms with Gasteiger partial charge < -0.3 is 107 Å². The molecule has 0 aromatic heterocycles. The van der Waals surface area contributed by atoms with E-state index in [0.717, 1.165) is 81.7 Å². The van der Waals surface area contributed by atoms with Crippen molar-refractivity contribution in [2.24, 2.45) is 59.0 Å². The van der Waals surface area contributed by atoms with Gasteiger partial charge in [0.25, 0.3) is 0 Å². The Morgan fingerprint density at radius 1 is 0.689 bits per heavy atom. The van der Waals surface area contributed by atoms with Crippen LogP contribution in [0.15, 0.2) is 72.8 Å². The molecule has 0 unspecified atom stereocenters. The van der Waals surface area contributed by atoms with Crippen LogP contribution in [0.2, 0.25) is 10.0 Å². The van der Waals surface area contributed by atoms with Gasteiger partial charge in [-0.3, -0.25) is 48.5 Å². The van der Waals surface area contributed by atoms with Gasteiger partial charge in [0, 0.05) is 80.7 Å². The highest BCUT2D eigenvalue weighted by molar-refractivity contribution is 7.89. The number of hydrogen-bond donors (Lipinski definition) is 17. The first-order valence-electron chi connectivity index (χ1n) is 46.0. The molecule has 2 saturated heterocycles. The Bertz CT molecular complexity index is 5240. The highest BCUT2D eigenvalue weighted by Crippen LogP contribution is 2.59. The molecular weight excluding hydrogens is 1770 g/mol. The third kappa shape index (κ3) is 22.7. The molecule has 6 amide bonds. The van der Waals surface area contributed by atoms with E-state index in [0.29, 0.717) is 43.9 Å². The average Bonchev–Trinajstić information content (AvgIpc) is 0.938. The smallest absolute Gasteiger partial charge is 0.246 e. The van der Waals surface area contributed by atoms with E-state index in [4.69, 9.17) is 57.4 Å². The van der Waals surface area contributed by atoms with Gasteiger partial charge in [-0.15, -0.1) is 0 Å². The van der Waals surface area contributed by atoms with Crippen molar-refractivity contribution >= 4 is 86.0 Å². The maximum Gasteiger partial charge on any atom is 0.246 e. The summed E-state index contributed by atoms with van der Waals surface area (Å²) in [6, 6.07) is 5.99. The summed E-state index contributed by atoms with van der Waals surface area (Å²) in [6.07, 6.45) is -10.6. The highest BCUT2D eigenvalue weighted by Gasteiger charge is 2.54. The fourth-order valence-corrected chi connectivity index (χ4v) is 22.2. The first-order valence-corrected chi connectivity index (χ1v) is 48.5. The molecule has 0 radical (unpaired) electrons. The molecule has 0 spiro atoms. The molecule has 12 aliphatic rings. The third-order valence-corrected chi connectivity index (χ3v) is 29.8. The van der Waals surface area contributed by atoms with Crippen LogP contribution in [0, 0.1) is 53.3 Å². The first kappa shape index (κ1) is 99.0. The van der Waals surface area contributed by atoms with Crippen LogP contribution >= 0.6 is 23.2 Å². The Labute approximate surface area is 775 Å². The summed E-state index contributed by atoms with van der Waals surface area (Å²) in [5.74, 6) is -17.5. The molecule has 5 aromatic carbocycles. The molecule has 5 aliphatic carbocycles. The second kappa shape index (κ2) is 42.1. The minimum Gasteiger partial charge on any atom is -0.507 e. The zero-order valence-electron chi connectivity index (χ0n) is 74.7. The number of imide groups is 1. The van der Waals surface area contributed by atoms with Gasteiger partial charge >= 0.3 is 0 Å². The summed E-state index contributed by atoms with van der Waals surface area (Å²) < 4.78 is 68.2. The van der Waals surface area contributed by atoms with Crippen molar-refractivity contribution in [2.45, 2.75) is 274 Å². The summed E-state index contributed by atoms with van der Waals surface area (Å²) in [7, 11) is -3.74. The van der Waals surface area contributed by atoms with Crippen molar-refractivity contribution in [2.75, 3.05) is 25.4 Å². The summed E-state index contributed by atoms with van der Waals surface area (Å²) in [5.41, 5.74) is 3.05. The molecule has 7 fully saturated rings. The fraction of sp³-hybridized carbons (Fsp3) is 0.589. The number of unbranched alkanes of at least 4 members (excludes halogenated alkanes) is 4. The summed E-state index contributed by atoms with van der Waals surface area (Å²) in [6.45, 7) is 9.03. The van der Waals surface area contributed by atoms with Crippen LogP contribution in [0.1, 0.15) is 234 Å². The monoisotopic (exact) mass is 1890 g/mol. The molecule has 5 saturated carbocycles. The number of Topliss-reactive ketones (excluding diaryl/α,β-unsaturated/α-hetero) is 3. The SMILES string of the molecule is CCCCCCCS(=O)(=O)NCCNCc1c(O)cc2c(c1O)-c1cc(ccc1O)[C@H]1CC(=O)[C@@H]3NC(=O)[C@H](CC(=O)NC(=O)CC4CC4)CC(=O)[C@H](NC(=O)[C@H](CC)CC(C)C)[C@H](O)c4ccc(c(Cl)c4)Oc4cc3cc(c4O[C@@H]3O[C@H](CO)[C@@H](O)[C@H](O)[C@H]3O[C@H]3C[C@](C)(N)[C@H](O)[C@H](C)O3)Oc3ccc(cc3Cl)[C@@H](O)[C@H](NC1=O)C(=O)N[C@@H]2C(=O)CC1C2CC3CC(C2)CC1C3. The van der Waals surface area contributed by atoms with Gasteiger partial charge in [-0.25, -0.2) is 13.1 Å². The predicted molar refractivity (Wildman–Crippen MR) is 479 cm³/mol. The van der Waals surface area contributed by atoms with Gasteiger partial charge in [-0.1, -0.05) is 94.8 Å². The van der Waals surface area contributed by atoms with Crippen molar-refractivity contribution in [3.8, 4) is 57.1 Å². The number of ketones is 3. The van der Waals surface area contributed by atoms with E-state index in [-0.39, 0.29) is 130 Å². The maximum atomic E-state index is 16.9. The highest BCUT2D eigenvalue weighted by atomic mass is 35.5. The molecule has 34 nitrogen and oxygen atoms in total. The van der Waals surface area contributed by atoms with Gasteiger partial charge in [0.05, 0.1) is 52.0 Å². The van der Waals surface area contributed by atoms with E-state index in [2.05, 4.69) is 36.6 Å². The van der Waals surface area contributed by atoms with Crippen LogP contribution in [0.3, 0.4) is 0 Å². The molecule has 15 bridgehead atoms. The van der Waals surface area contributed by atoms with E-state index in [1.165, 1.54) is 56.3 Å². The number of ether oxygens (including phenoxy) is 6. The lowest BCUT2D eigenvalue weighted by atomic mass is 9.51. The number of fused-ring (bicyclic) bond motifs is 15. The number of nitrogens with two attached hydrogens (primary N) is 1. The van der Waals surface area contributed by atoms with E-state index in [1.807, 2.05) is 20.8 Å². The molecule has 18 atom stereocenters. The topological polar surface area (TPSA) is 535 Å². The normalized spacial score (nSPS) is 30.3. The number of phenolic OH excluding ortho intramolecular Hbond substituents is 3. The summed E-state index contributed by atoms with van der Waals surface area (Å²) >= 11 is 14.6. The minimum atomic E-state index is -3.74. The quantitative estimate of drug-likeness (QED) is 0.0200. The Morgan fingerprint density at radius 2 is 1.33 bits per heavy atom. The van der Waals surface area contributed by atoms with Crippen LogP contribution in [-0.2, 0) is 73.9 Å². The van der Waals surface area contributed by atoms with Crippen molar-refractivity contribution in [1.82, 2.24) is 36.6 Å². The molecule has 7 heterocycles. The number of halogens is 2. The number of carbonyl (C=O) groups is 9. The third-order valence-electron chi connectivity index (χ3n) is 27.7. The Morgan fingerprint density at radius 3 is 1.95 bits per heavy atom. The Hall–Kier alpha value is -9.02. The van der Waals surface area contributed by atoms with Crippen molar-refractivity contribution < 1.29 is 126 Å². The number of nitrogens with one attached hydrogen (secondary N) is 7. The van der Waals surface area contributed by atoms with Crippen molar-refractivity contribution in [3.05, 3.63) is 116 Å². The average molecular weight is 1900 g/mol. The number of aromatic hydroxyl groups is 3. The number of amides is 6. The standard InChI is InChI=1S/C95H122Cl2N8O26S/c1-7-9-10-11-12-23-132(124,125)100-22-21-99-42-61-65(108)40-60-77(84(61)116)59-31-50(15-18-64(59)107)58-39-67(110)78-55-35-71(127-69-19-16-51(32-62(69)96)82(114)80(104-90(120)49(8-2)24-44(3)4)66(109)34-56(91(121)102-78)37-75(113)101-74(112)30-46-13-14-46)87(131-94-88(86(118)85(117)73(43-106)129-94)130-76-41-95(6,98)89(119)45(5)126-76)72(36-55)128-70-20-17-52(33-63(70)97)83(115)81(105-92(58)122)93(123)103-79(60)68(111)38-57-53-26-47-25-48(28-53)29-54(57)27-47/h15-20,31-33,35-36,40,44-49,53-54,56-58,73,76,78-83,85-86,88-89,94,99-100,106-108,114-119H,7-14,21-30,34,37-39,41-43,98H2,1-6H3,(H,102,121)(H,103,123)(H,104,120)(H,105,122)(H,101,112,113)/t45-,47?,48?,49+,53?,54?,56-,57?,58+,73+,76-,78+,79-,80-,81-,82+,83+,85+,86-,88+,89+,94-,95-/m0/s1. The van der Waals surface area contributed by atoms with Crippen LogP contribution < -0.4 is 56.6 Å².